The second-order valence-electron chi connectivity index (χ2n) is 5.65. The Morgan fingerprint density at radius 2 is 0.372 bits per heavy atom. The highest BCUT2D eigenvalue weighted by Gasteiger charge is 2.22. The molecular weight excluding hydrogens is 792 g/mol. The summed E-state index contributed by atoms with van der Waals surface area (Å²) in [5.41, 5.74) is 0. The topological polar surface area (TPSA) is 0 Å². The SMILES string of the molecule is F[B-](F)(F)F.F[B-](F)(F)F.F[B-](F)(F)F.F[B-](F)(F)F.F[B-](F)(F)F.F[B-](F)(F)F.c1ccc([I+]c2ccccc2)cc1. The highest BCUT2D eigenvalue weighted by Crippen LogP contribution is 2.09. The molecule has 0 amide bonds. The fourth-order valence-electron chi connectivity index (χ4n) is 1.08. The van der Waals surface area contributed by atoms with Gasteiger partial charge < -0.3 is 104 Å². The summed E-state index contributed by atoms with van der Waals surface area (Å²) >= 11 is 0.0287. The van der Waals surface area contributed by atoms with Gasteiger partial charge in [0.15, 0.2) is 7.14 Å². The summed E-state index contributed by atoms with van der Waals surface area (Å²) in [6, 6.07) is 21.4. The summed E-state index contributed by atoms with van der Waals surface area (Å²) in [6.07, 6.45) is 0. The van der Waals surface area contributed by atoms with Crippen molar-refractivity contribution in [2.45, 2.75) is 0 Å². The number of hydrogen-bond donors (Lipinski definition) is 0. The second kappa shape index (κ2) is 23.3. The van der Waals surface area contributed by atoms with Crippen LogP contribution in [0.3, 0.4) is 0 Å². The Morgan fingerprint density at radius 1 is 0.256 bits per heavy atom. The predicted molar refractivity (Wildman–Crippen MR) is 111 cm³/mol. The third-order valence-electron chi connectivity index (χ3n) is 1.68. The molecule has 0 aliphatic rings. The number of benzene rings is 2. The number of rotatable bonds is 2. The molecule has 2 aromatic rings. The Labute approximate surface area is 236 Å². The summed E-state index contributed by atoms with van der Waals surface area (Å²) in [5, 5.41) is 0. The van der Waals surface area contributed by atoms with Crippen molar-refractivity contribution in [2.24, 2.45) is 0 Å². The Bertz CT molecular complexity index is 711. The van der Waals surface area contributed by atoms with Crippen LogP contribution in [0.25, 0.3) is 0 Å². The molecule has 0 bridgehead atoms. The first-order chi connectivity index (χ1) is 18.4. The van der Waals surface area contributed by atoms with Gasteiger partial charge in [-0.05, 0) is 24.3 Å². The molecule has 0 saturated heterocycles. The third kappa shape index (κ3) is 179. The summed E-state index contributed by atoms with van der Waals surface area (Å²) in [4.78, 5) is 0. The first-order valence-electron chi connectivity index (χ1n) is 9.44. The van der Waals surface area contributed by atoms with Gasteiger partial charge in [0.25, 0.3) is 0 Å². The Hall–Kier alpha value is -2.12. The summed E-state index contributed by atoms with van der Waals surface area (Å²) < 4.78 is 237. The van der Waals surface area contributed by atoms with Gasteiger partial charge in [-0.2, -0.15) is 0 Å². The van der Waals surface area contributed by atoms with E-state index in [0.29, 0.717) is 0 Å². The van der Waals surface area contributed by atoms with E-state index in [-0.39, 0.29) is 21.2 Å². The molecule has 31 heteroatoms. The zero-order chi connectivity index (χ0) is 35.9. The van der Waals surface area contributed by atoms with Crippen molar-refractivity contribution >= 4 is 43.5 Å². The van der Waals surface area contributed by atoms with E-state index in [4.69, 9.17) is 0 Å². The maximum absolute atomic E-state index is 9.75. The molecule has 2 rings (SSSR count). The largest absolute Gasteiger partial charge is 0.673 e. The van der Waals surface area contributed by atoms with E-state index in [1.54, 1.807) is 0 Å². The van der Waals surface area contributed by atoms with Gasteiger partial charge in [-0.25, -0.2) is 0 Å². The minimum atomic E-state index is -6.00. The van der Waals surface area contributed by atoms with Crippen molar-refractivity contribution in [1.29, 1.82) is 0 Å². The van der Waals surface area contributed by atoms with E-state index < -0.39 is 43.5 Å². The third-order valence-corrected chi connectivity index (χ3v) is 4.37. The van der Waals surface area contributed by atoms with Crippen LogP contribution in [-0.2, 0) is 0 Å². The molecule has 0 saturated carbocycles. The van der Waals surface area contributed by atoms with Gasteiger partial charge in [-0.1, -0.05) is 36.4 Å². The molecule has 0 atom stereocenters. The zero-order valence-corrected chi connectivity index (χ0v) is 21.8. The standard InChI is InChI=1S/C12H10I.6BF4/c1-3-7-11(8-4-1)13-12-9-5-2-6-10-12;6*2-1(3,4)5/h1-10H;;;;;;/q+1;6*-1. The molecule has 0 heterocycles. The van der Waals surface area contributed by atoms with Crippen LogP contribution in [0.1, 0.15) is 0 Å². The van der Waals surface area contributed by atoms with Crippen LogP contribution >= 0.6 is 0 Å². The number of hydrogen-bond acceptors (Lipinski definition) is 0. The zero-order valence-electron chi connectivity index (χ0n) is 19.7. The van der Waals surface area contributed by atoms with Gasteiger partial charge in [0.2, 0.25) is 0 Å². The molecule has 256 valence electrons. The van der Waals surface area contributed by atoms with Crippen molar-refractivity contribution in [3.8, 4) is 0 Å². The molecule has 0 fully saturated rings. The molecule has 0 nitrogen and oxygen atoms in total. The van der Waals surface area contributed by atoms with E-state index in [9.17, 15) is 104 Å². The van der Waals surface area contributed by atoms with E-state index in [0.717, 1.165) is 0 Å². The van der Waals surface area contributed by atoms with Crippen molar-refractivity contribution in [3.63, 3.8) is 0 Å². The van der Waals surface area contributed by atoms with E-state index in [2.05, 4.69) is 60.7 Å². The predicted octanol–water partition coefficient (Wildman–Crippen LogP) is 7.62. The van der Waals surface area contributed by atoms with Crippen molar-refractivity contribution in [3.05, 3.63) is 67.8 Å². The average molecular weight is 802 g/mol. The number of halogens is 25. The molecule has 2 aromatic carbocycles. The molecule has 0 aliphatic carbocycles. The lowest BCUT2D eigenvalue weighted by Gasteiger charge is -1.94. The molecule has 0 unspecified atom stereocenters. The lowest BCUT2D eigenvalue weighted by molar-refractivity contribution is -0.597. The van der Waals surface area contributed by atoms with Crippen LogP contribution in [0.2, 0.25) is 0 Å². The van der Waals surface area contributed by atoms with E-state index >= 15 is 0 Å². The van der Waals surface area contributed by atoms with Crippen molar-refractivity contribution < 1.29 is 125 Å². The maximum Gasteiger partial charge on any atom is 0.673 e. The fourth-order valence-corrected chi connectivity index (χ4v) is 3.35. The first-order valence-corrected chi connectivity index (χ1v) is 11.6. The summed E-state index contributed by atoms with van der Waals surface area (Å²) in [6.45, 7) is 0. The Kier molecular flexibility index (Phi) is 27.3. The molecule has 0 aromatic heterocycles. The lowest BCUT2D eigenvalue weighted by atomic mass is 10.3. The van der Waals surface area contributed by atoms with Gasteiger partial charge >= 0.3 is 64.7 Å². The Morgan fingerprint density at radius 3 is 0.488 bits per heavy atom. The monoisotopic (exact) mass is 803 g/mol. The second-order valence-corrected chi connectivity index (χ2v) is 8.69. The molecule has 0 radical (unpaired) electrons. The lowest BCUT2D eigenvalue weighted by Crippen LogP contribution is -3.61. The summed E-state index contributed by atoms with van der Waals surface area (Å²) in [5.74, 6) is 0. The van der Waals surface area contributed by atoms with Crippen LogP contribution < -0.4 is 21.2 Å². The van der Waals surface area contributed by atoms with Gasteiger partial charge in [0, 0.05) is 0 Å². The fraction of sp³-hybridized carbons (Fsp3) is 0. The quantitative estimate of drug-likeness (QED) is 0.167. The van der Waals surface area contributed by atoms with Crippen LogP contribution in [0.15, 0.2) is 60.7 Å². The van der Waals surface area contributed by atoms with Gasteiger partial charge in [-0.15, -0.1) is 0 Å². The normalized spacial score (nSPS) is 11.3. The van der Waals surface area contributed by atoms with Crippen LogP contribution in [0.5, 0.6) is 0 Å². The molecule has 0 spiro atoms. The van der Waals surface area contributed by atoms with Gasteiger partial charge in [-0.3, -0.25) is 0 Å². The molecule has 43 heavy (non-hydrogen) atoms. The van der Waals surface area contributed by atoms with Crippen molar-refractivity contribution in [1.82, 2.24) is 0 Å². The van der Waals surface area contributed by atoms with Crippen molar-refractivity contribution in [2.75, 3.05) is 0 Å². The Balaban J connectivity index is -0.000000139. The highest BCUT2D eigenvalue weighted by molar-refractivity contribution is 6.51. The first kappa shape index (κ1) is 50.5. The van der Waals surface area contributed by atoms with Gasteiger partial charge in [0.1, 0.15) is 0 Å². The molecular formula is C12H10B6F24I-5. The van der Waals surface area contributed by atoms with E-state index in [1.165, 1.54) is 7.14 Å². The minimum absolute atomic E-state index is 0.0287. The smallest absolute Gasteiger partial charge is 0.418 e. The molecule has 0 aliphatic heterocycles. The van der Waals surface area contributed by atoms with Crippen LogP contribution in [0, 0.1) is 7.14 Å². The van der Waals surface area contributed by atoms with Crippen LogP contribution in [-0.4, -0.2) is 43.5 Å². The van der Waals surface area contributed by atoms with Crippen LogP contribution in [0.4, 0.5) is 104 Å². The summed E-state index contributed by atoms with van der Waals surface area (Å²) in [7, 11) is -36.0. The maximum atomic E-state index is 9.75. The van der Waals surface area contributed by atoms with E-state index in [1.807, 2.05) is 0 Å². The minimum Gasteiger partial charge on any atom is -0.418 e. The average Bonchev–Trinajstić information content (AvgIpc) is 2.61. The highest BCUT2D eigenvalue weighted by atomic mass is 127. The molecule has 0 N–H and O–H groups in total. The van der Waals surface area contributed by atoms with Gasteiger partial charge in [0.05, 0.1) is 0 Å².